The van der Waals surface area contributed by atoms with Gasteiger partial charge in [0.15, 0.2) is 9.84 Å². The molecule has 0 heterocycles. The lowest BCUT2D eigenvalue weighted by molar-refractivity contribution is -0.384. The second-order valence-corrected chi connectivity index (χ2v) is 6.41. The first kappa shape index (κ1) is 16.1. The van der Waals surface area contributed by atoms with Crippen LogP contribution in [0.1, 0.15) is 6.92 Å². The molecule has 0 spiro atoms. The highest BCUT2D eigenvalue weighted by Gasteiger charge is 2.26. The molecule has 110 valence electrons. The number of aliphatic carboxylic acids is 1. The Kier molecular flexibility index (Phi) is 4.79. The lowest BCUT2D eigenvalue weighted by atomic mass is 10.1. The summed E-state index contributed by atoms with van der Waals surface area (Å²) < 4.78 is 24.1. The number of non-ortho nitro benzene ring substituents is 1. The minimum absolute atomic E-state index is 0.104. The van der Waals surface area contributed by atoms with Gasteiger partial charge in [-0.3, -0.25) is 14.9 Å². The number of sulfone groups is 1. The molecule has 1 unspecified atom stereocenters. The monoisotopic (exact) mass is 302 g/mol. The zero-order chi connectivity index (χ0) is 15.5. The standard InChI is InChI=1S/C11H14N2O6S/c1-7(10(12)11(14)15)6-20(18,19)9-4-2-8(3-5-9)13(16)17/h2-5,7,10H,6,12H2,1H3,(H,14,15)/t7?,10-/m0/s1. The largest absolute Gasteiger partial charge is 0.480 e. The van der Waals surface area contributed by atoms with Gasteiger partial charge in [0.25, 0.3) is 5.69 Å². The van der Waals surface area contributed by atoms with Crippen LogP contribution in [0.15, 0.2) is 29.2 Å². The Hall–Kier alpha value is -2.00. The maximum absolute atomic E-state index is 12.0. The third-order valence-electron chi connectivity index (χ3n) is 2.79. The van der Waals surface area contributed by atoms with Crippen LogP contribution in [-0.4, -0.2) is 36.2 Å². The highest BCUT2D eigenvalue weighted by atomic mass is 32.2. The summed E-state index contributed by atoms with van der Waals surface area (Å²) in [5.74, 6) is -2.51. The number of hydrogen-bond acceptors (Lipinski definition) is 6. The van der Waals surface area contributed by atoms with Gasteiger partial charge in [0, 0.05) is 12.1 Å². The zero-order valence-electron chi connectivity index (χ0n) is 10.6. The molecule has 1 rings (SSSR count). The average Bonchev–Trinajstić information content (AvgIpc) is 2.37. The van der Waals surface area contributed by atoms with E-state index in [1.807, 2.05) is 0 Å². The van der Waals surface area contributed by atoms with Crippen molar-refractivity contribution in [1.82, 2.24) is 0 Å². The first-order valence-corrected chi connectivity index (χ1v) is 7.26. The van der Waals surface area contributed by atoms with E-state index in [0.717, 1.165) is 24.3 Å². The fraction of sp³-hybridized carbons (Fsp3) is 0.364. The van der Waals surface area contributed by atoms with Gasteiger partial charge >= 0.3 is 5.97 Å². The van der Waals surface area contributed by atoms with E-state index in [-0.39, 0.29) is 10.6 Å². The second-order valence-electron chi connectivity index (χ2n) is 4.37. The Bertz CT molecular complexity index is 610. The number of hydrogen-bond donors (Lipinski definition) is 2. The fourth-order valence-corrected chi connectivity index (χ4v) is 3.21. The zero-order valence-corrected chi connectivity index (χ0v) is 11.4. The van der Waals surface area contributed by atoms with Crippen LogP contribution in [0.5, 0.6) is 0 Å². The van der Waals surface area contributed by atoms with Crippen molar-refractivity contribution >= 4 is 21.5 Å². The van der Waals surface area contributed by atoms with E-state index in [0.29, 0.717) is 0 Å². The molecule has 0 aromatic heterocycles. The molecular weight excluding hydrogens is 288 g/mol. The molecule has 0 aliphatic rings. The van der Waals surface area contributed by atoms with Crippen LogP contribution in [0.4, 0.5) is 5.69 Å². The van der Waals surface area contributed by atoms with Gasteiger partial charge < -0.3 is 10.8 Å². The van der Waals surface area contributed by atoms with Crippen molar-refractivity contribution in [1.29, 1.82) is 0 Å². The van der Waals surface area contributed by atoms with Gasteiger partial charge in [-0.1, -0.05) is 6.92 Å². The minimum atomic E-state index is -3.75. The average molecular weight is 302 g/mol. The smallest absolute Gasteiger partial charge is 0.320 e. The van der Waals surface area contributed by atoms with Gasteiger partial charge in [-0.05, 0) is 18.1 Å². The number of carboxylic acids is 1. The number of carboxylic acid groups (broad SMARTS) is 1. The summed E-state index contributed by atoms with van der Waals surface area (Å²) in [6, 6.07) is 3.10. The van der Waals surface area contributed by atoms with Gasteiger partial charge in [0.1, 0.15) is 6.04 Å². The number of benzene rings is 1. The van der Waals surface area contributed by atoms with Crippen LogP contribution in [0.3, 0.4) is 0 Å². The van der Waals surface area contributed by atoms with Crippen molar-refractivity contribution in [2.45, 2.75) is 17.9 Å². The number of carbonyl (C=O) groups is 1. The summed E-state index contributed by atoms with van der Waals surface area (Å²) in [6.45, 7) is 1.42. The fourth-order valence-electron chi connectivity index (χ4n) is 1.56. The molecule has 1 aromatic carbocycles. The molecule has 0 radical (unpaired) electrons. The SMILES string of the molecule is CC(CS(=O)(=O)c1ccc([N+](=O)[O-])cc1)[C@H](N)C(=O)O. The minimum Gasteiger partial charge on any atom is -0.480 e. The van der Waals surface area contributed by atoms with E-state index in [9.17, 15) is 23.3 Å². The first-order valence-electron chi connectivity index (χ1n) is 5.60. The Morgan fingerprint density at radius 1 is 1.40 bits per heavy atom. The number of nitrogens with two attached hydrogens (primary N) is 1. The molecule has 0 saturated carbocycles. The lowest BCUT2D eigenvalue weighted by Gasteiger charge is -2.15. The third kappa shape index (κ3) is 3.75. The van der Waals surface area contributed by atoms with E-state index < -0.39 is 38.4 Å². The van der Waals surface area contributed by atoms with Gasteiger partial charge in [-0.25, -0.2) is 8.42 Å². The summed E-state index contributed by atoms with van der Waals surface area (Å²) in [5, 5.41) is 19.2. The van der Waals surface area contributed by atoms with E-state index in [1.54, 1.807) is 0 Å². The summed E-state index contributed by atoms with van der Waals surface area (Å²) in [6.07, 6.45) is 0. The molecule has 0 bridgehead atoms. The highest BCUT2D eigenvalue weighted by molar-refractivity contribution is 7.91. The van der Waals surface area contributed by atoms with Gasteiger partial charge in [-0.15, -0.1) is 0 Å². The van der Waals surface area contributed by atoms with E-state index >= 15 is 0 Å². The van der Waals surface area contributed by atoms with Gasteiger partial charge in [0.2, 0.25) is 0 Å². The van der Waals surface area contributed by atoms with Crippen LogP contribution >= 0.6 is 0 Å². The van der Waals surface area contributed by atoms with Crippen molar-refractivity contribution in [3.05, 3.63) is 34.4 Å². The van der Waals surface area contributed by atoms with Crippen LogP contribution in [0, 0.1) is 16.0 Å². The molecule has 0 aliphatic carbocycles. The molecule has 8 nitrogen and oxygen atoms in total. The van der Waals surface area contributed by atoms with Crippen LogP contribution in [0.25, 0.3) is 0 Å². The number of nitrogens with zero attached hydrogens (tertiary/aromatic N) is 1. The Labute approximate surface area is 115 Å². The molecule has 9 heteroatoms. The Morgan fingerprint density at radius 2 is 1.90 bits per heavy atom. The normalized spacial score (nSPS) is 14.5. The summed E-state index contributed by atoms with van der Waals surface area (Å²) in [5.41, 5.74) is 5.13. The van der Waals surface area contributed by atoms with Crippen molar-refractivity contribution in [2.75, 3.05) is 5.75 Å². The quantitative estimate of drug-likeness (QED) is 0.572. The van der Waals surface area contributed by atoms with E-state index in [1.165, 1.54) is 6.92 Å². The summed E-state index contributed by atoms with van der Waals surface area (Å²) in [7, 11) is -3.75. The third-order valence-corrected chi connectivity index (χ3v) is 4.74. The Morgan fingerprint density at radius 3 is 2.30 bits per heavy atom. The van der Waals surface area contributed by atoms with E-state index in [4.69, 9.17) is 10.8 Å². The molecule has 3 N–H and O–H groups in total. The maximum Gasteiger partial charge on any atom is 0.320 e. The molecular formula is C11H14N2O6S. The molecule has 0 amide bonds. The Balaban J connectivity index is 2.94. The van der Waals surface area contributed by atoms with E-state index in [2.05, 4.69) is 0 Å². The topological polar surface area (TPSA) is 141 Å². The molecule has 2 atom stereocenters. The van der Waals surface area contributed by atoms with Crippen molar-refractivity contribution in [2.24, 2.45) is 11.7 Å². The molecule has 20 heavy (non-hydrogen) atoms. The van der Waals surface area contributed by atoms with Crippen molar-refractivity contribution in [3.8, 4) is 0 Å². The number of nitro benzene ring substituents is 1. The molecule has 0 saturated heterocycles. The predicted octanol–water partition coefficient (Wildman–Crippen LogP) is 0.416. The van der Waals surface area contributed by atoms with Crippen molar-refractivity contribution < 1.29 is 23.2 Å². The highest BCUT2D eigenvalue weighted by Crippen LogP contribution is 2.19. The van der Waals surface area contributed by atoms with Crippen LogP contribution in [-0.2, 0) is 14.6 Å². The number of nitro groups is 1. The second kappa shape index (κ2) is 5.97. The molecule has 1 aromatic rings. The summed E-state index contributed by atoms with van der Waals surface area (Å²) >= 11 is 0. The van der Waals surface area contributed by atoms with Crippen LogP contribution < -0.4 is 5.73 Å². The van der Waals surface area contributed by atoms with Crippen molar-refractivity contribution in [3.63, 3.8) is 0 Å². The number of rotatable bonds is 6. The summed E-state index contributed by atoms with van der Waals surface area (Å²) in [4.78, 5) is 20.4. The lowest BCUT2D eigenvalue weighted by Crippen LogP contribution is -2.39. The van der Waals surface area contributed by atoms with Crippen LogP contribution in [0.2, 0.25) is 0 Å². The molecule has 0 aliphatic heterocycles. The van der Waals surface area contributed by atoms with Gasteiger partial charge in [0.05, 0.1) is 15.6 Å². The first-order chi connectivity index (χ1) is 9.15. The maximum atomic E-state index is 12.0. The predicted molar refractivity (Wildman–Crippen MR) is 69.9 cm³/mol. The van der Waals surface area contributed by atoms with Gasteiger partial charge in [-0.2, -0.15) is 0 Å². The molecule has 0 fully saturated rings.